The second-order valence-corrected chi connectivity index (χ2v) is 4.64. The fraction of sp³-hybridized carbons (Fsp3) is 0.462. The third-order valence-corrected chi connectivity index (χ3v) is 3.06. The molecule has 0 saturated heterocycles. The molecule has 4 heteroatoms. The molecule has 1 atom stereocenters. The topological polar surface area (TPSA) is 40.5 Å². The van der Waals surface area contributed by atoms with Crippen molar-refractivity contribution in [2.45, 2.75) is 32.4 Å². The normalized spacial score (nSPS) is 12.7. The molecule has 0 aromatic heterocycles. The van der Waals surface area contributed by atoms with Gasteiger partial charge in [-0.25, -0.2) is 0 Å². The number of nitrogens with zero attached hydrogens (tertiary/aromatic N) is 1. The molecule has 0 aliphatic rings. The van der Waals surface area contributed by atoms with Crippen molar-refractivity contribution < 1.29 is 9.90 Å². The first-order valence-electron chi connectivity index (χ1n) is 5.69. The van der Waals surface area contributed by atoms with Gasteiger partial charge < -0.3 is 5.11 Å². The largest absolute Gasteiger partial charge is 0.481 e. The van der Waals surface area contributed by atoms with Crippen LogP contribution in [-0.2, 0) is 11.3 Å². The Bertz CT molecular complexity index is 381. The maximum absolute atomic E-state index is 10.7. The van der Waals surface area contributed by atoms with Gasteiger partial charge in [-0.15, -0.1) is 0 Å². The molecular formula is C13H18ClNO2. The van der Waals surface area contributed by atoms with Gasteiger partial charge in [0.05, 0.1) is 6.42 Å². The van der Waals surface area contributed by atoms with E-state index in [1.54, 1.807) is 0 Å². The Labute approximate surface area is 107 Å². The lowest BCUT2D eigenvalue weighted by Gasteiger charge is -2.25. The number of carbonyl (C=O) groups is 1. The highest BCUT2D eigenvalue weighted by molar-refractivity contribution is 6.30. The number of halogens is 1. The number of carboxylic acids is 1. The van der Waals surface area contributed by atoms with Crippen LogP contribution in [0, 0.1) is 0 Å². The van der Waals surface area contributed by atoms with Gasteiger partial charge in [-0.1, -0.05) is 30.7 Å². The highest BCUT2D eigenvalue weighted by Crippen LogP contribution is 2.15. The van der Waals surface area contributed by atoms with Crippen molar-refractivity contribution in [2.24, 2.45) is 0 Å². The van der Waals surface area contributed by atoms with Crippen LogP contribution in [0.25, 0.3) is 0 Å². The first-order chi connectivity index (χ1) is 8.02. The summed E-state index contributed by atoms with van der Waals surface area (Å²) in [7, 11) is 1.94. The van der Waals surface area contributed by atoms with E-state index in [-0.39, 0.29) is 12.5 Å². The van der Waals surface area contributed by atoms with Crippen molar-refractivity contribution in [3.8, 4) is 0 Å². The van der Waals surface area contributed by atoms with Gasteiger partial charge >= 0.3 is 5.97 Å². The number of rotatable bonds is 6. The van der Waals surface area contributed by atoms with E-state index in [9.17, 15) is 4.79 Å². The fourth-order valence-electron chi connectivity index (χ4n) is 1.87. The summed E-state index contributed by atoms with van der Waals surface area (Å²) in [5.74, 6) is -0.755. The van der Waals surface area contributed by atoms with Crippen molar-refractivity contribution in [2.75, 3.05) is 7.05 Å². The van der Waals surface area contributed by atoms with Crippen LogP contribution < -0.4 is 0 Å². The van der Waals surface area contributed by atoms with Gasteiger partial charge in [-0.3, -0.25) is 9.69 Å². The highest BCUT2D eigenvalue weighted by atomic mass is 35.5. The van der Waals surface area contributed by atoms with Crippen LogP contribution in [0.5, 0.6) is 0 Å². The number of hydrogen-bond donors (Lipinski definition) is 1. The van der Waals surface area contributed by atoms with Gasteiger partial charge in [-0.05, 0) is 31.2 Å². The van der Waals surface area contributed by atoms with Crippen LogP contribution in [0.3, 0.4) is 0 Å². The van der Waals surface area contributed by atoms with Gasteiger partial charge in [-0.2, -0.15) is 0 Å². The maximum Gasteiger partial charge on any atom is 0.304 e. The molecule has 94 valence electrons. The summed E-state index contributed by atoms with van der Waals surface area (Å²) in [6.07, 6.45) is 0.997. The molecule has 1 rings (SSSR count). The predicted octanol–water partition coefficient (Wildman–Crippen LogP) is 3.03. The van der Waals surface area contributed by atoms with Crippen molar-refractivity contribution in [3.05, 3.63) is 34.9 Å². The number of carboxylic acid groups (broad SMARTS) is 1. The van der Waals surface area contributed by atoms with Crippen LogP contribution in [0.1, 0.15) is 25.3 Å². The summed E-state index contributed by atoms with van der Waals surface area (Å²) >= 11 is 5.91. The molecule has 0 aliphatic heterocycles. The Kier molecular flexibility index (Phi) is 5.45. The summed E-state index contributed by atoms with van der Waals surface area (Å²) in [4.78, 5) is 12.8. The minimum absolute atomic E-state index is 0.0616. The summed E-state index contributed by atoms with van der Waals surface area (Å²) < 4.78 is 0. The van der Waals surface area contributed by atoms with Crippen LogP contribution >= 0.6 is 11.6 Å². The molecular weight excluding hydrogens is 238 g/mol. The molecule has 0 bridgehead atoms. The van der Waals surface area contributed by atoms with Gasteiger partial charge in [0, 0.05) is 17.6 Å². The summed E-state index contributed by atoms with van der Waals surface area (Å²) in [6, 6.07) is 7.71. The van der Waals surface area contributed by atoms with Crippen LogP contribution in [-0.4, -0.2) is 29.1 Å². The SMILES string of the molecule is CCC(CC(=O)O)N(C)Cc1cccc(Cl)c1. The maximum atomic E-state index is 10.7. The molecule has 1 aromatic carbocycles. The predicted molar refractivity (Wildman–Crippen MR) is 69.3 cm³/mol. The van der Waals surface area contributed by atoms with Crippen LogP contribution in [0.4, 0.5) is 0 Å². The summed E-state index contributed by atoms with van der Waals surface area (Å²) in [6.45, 7) is 2.72. The van der Waals surface area contributed by atoms with E-state index in [0.717, 1.165) is 12.0 Å². The zero-order chi connectivity index (χ0) is 12.8. The first-order valence-corrected chi connectivity index (χ1v) is 6.07. The first kappa shape index (κ1) is 14.0. The lowest BCUT2D eigenvalue weighted by molar-refractivity contribution is -0.138. The third-order valence-electron chi connectivity index (χ3n) is 2.83. The second-order valence-electron chi connectivity index (χ2n) is 4.20. The molecule has 1 unspecified atom stereocenters. The minimum Gasteiger partial charge on any atom is -0.481 e. The molecule has 0 fully saturated rings. The highest BCUT2D eigenvalue weighted by Gasteiger charge is 2.16. The van der Waals surface area contributed by atoms with Crippen LogP contribution in [0.15, 0.2) is 24.3 Å². The standard InChI is InChI=1S/C13H18ClNO2/c1-3-12(8-13(16)17)15(2)9-10-5-4-6-11(14)7-10/h4-7,12H,3,8-9H2,1-2H3,(H,16,17). The van der Waals surface area contributed by atoms with E-state index in [0.29, 0.717) is 11.6 Å². The van der Waals surface area contributed by atoms with Gasteiger partial charge in [0.1, 0.15) is 0 Å². The number of benzene rings is 1. The Morgan fingerprint density at radius 3 is 2.76 bits per heavy atom. The zero-order valence-electron chi connectivity index (χ0n) is 10.2. The lowest BCUT2D eigenvalue weighted by atomic mass is 10.1. The number of aliphatic carboxylic acids is 1. The molecule has 0 spiro atoms. The second kappa shape index (κ2) is 6.62. The average Bonchev–Trinajstić information content (AvgIpc) is 2.25. The molecule has 1 aromatic rings. The van der Waals surface area contributed by atoms with E-state index in [4.69, 9.17) is 16.7 Å². The molecule has 0 saturated carbocycles. The van der Waals surface area contributed by atoms with Gasteiger partial charge in [0.25, 0.3) is 0 Å². The Hall–Kier alpha value is -1.06. The molecule has 0 radical (unpaired) electrons. The Morgan fingerprint density at radius 1 is 1.53 bits per heavy atom. The van der Waals surface area contributed by atoms with Crippen molar-refractivity contribution in [1.29, 1.82) is 0 Å². The quantitative estimate of drug-likeness (QED) is 0.850. The van der Waals surface area contributed by atoms with Crippen molar-refractivity contribution in [3.63, 3.8) is 0 Å². The molecule has 1 N–H and O–H groups in total. The van der Waals surface area contributed by atoms with Crippen molar-refractivity contribution in [1.82, 2.24) is 4.90 Å². The molecule has 0 amide bonds. The van der Waals surface area contributed by atoms with Crippen molar-refractivity contribution >= 4 is 17.6 Å². The van der Waals surface area contributed by atoms with E-state index >= 15 is 0 Å². The Morgan fingerprint density at radius 2 is 2.24 bits per heavy atom. The van der Waals surface area contributed by atoms with Gasteiger partial charge in [0.2, 0.25) is 0 Å². The van der Waals surface area contributed by atoms with Gasteiger partial charge in [0.15, 0.2) is 0 Å². The third kappa shape index (κ3) is 4.75. The lowest BCUT2D eigenvalue weighted by Crippen LogP contribution is -2.32. The smallest absolute Gasteiger partial charge is 0.304 e. The number of hydrogen-bond acceptors (Lipinski definition) is 2. The summed E-state index contributed by atoms with van der Waals surface area (Å²) in [5, 5.41) is 9.54. The minimum atomic E-state index is -0.755. The van der Waals surface area contributed by atoms with Crippen LogP contribution in [0.2, 0.25) is 5.02 Å². The van der Waals surface area contributed by atoms with E-state index in [1.807, 2.05) is 38.2 Å². The molecule has 17 heavy (non-hydrogen) atoms. The fourth-order valence-corrected chi connectivity index (χ4v) is 2.08. The Balaban J connectivity index is 2.63. The zero-order valence-corrected chi connectivity index (χ0v) is 10.9. The summed E-state index contributed by atoms with van der Waals surface area (Å²) in [5.41, 5.74) is 1.10. The van der Waals surface area contributed by atoms with E-state index < -0.39 is 5.97 Å². The average molecular weight is 256 g/mol. The molecule has 0 heterocycles. The van der Waals surface area contributed by atoms with E-state index in [1.165, 1.54) is 0 Å². The van der Waals surface area contributed by atoms with E-state index in [2.05, 4.69) is 4.90 Å². The molecule has 3 nitrogen and oxygen atoms in total. The monoisotopic (exact) mass is 255 g/mol. The molecule has 0 aliphatic carbocycles.